The summed E-state index contributed by atoms with van der Waals surface area (Å²) in [4.78, 5) is 14.1. The van der Waals surface area contributed by atoms with Crippen LogP contribution in [-0.4, -0.2) is 57.2 Å². The van der Waals surface area contributed by atoms with Crippen molar-refractivity contribution in [1.29, 1.82) is 0 Å². The molecule has 6 nitrogen and oxygen atoms in total. The van der Waals surface area contributed by atoms with Gasteiger partial charge in [-0.25, -0.2) is 4.98 Å². The van der Waals surface area contributed by atoms with Crippen LogP contribution in [0.4, 0.5) is 5.82 Å². The molecule has 0 spiro atoms. The first-order valence-electron chi connectivity index (χ1n) is 8.97. The van der Waals surface area contributed by atoms with E-state index < -0.39 is 0 Å². The van der Waals surface area contributed by atoms with Crippen molar-refractivity contribution in [3.05, 3.63) is 53.5 Å². The molecule has 130 valence electrons. The van der Waals surface area contributed by atoms with Gasteiger partial charge in [0.25, 0.3) is 5.78 Å². The topological polar surface area (TPSA) is 49.6 Å². The number of fused-ring (bicyclic) bond motifs is 1. The number of anilines is 1. The molecule has 0 atom stereocenters. The second-order valence-electron chi connectivity index (χ2n) is 6.58. The molecule has 3 aromatic rings. The van der Waals surface area contributed by atoms with Crippen LogP contribution >= 0.6 is 0 Å². The Kier molecular flexibility index (Phi) is 4.36. The average molecular weight is 336 g/mol. The Morgan fingerprint density at radius 1 is 1.00 bits per heavy atom. The molecule has 1 saturated heterocycles. The van der Waals surface area contributed by atoms with Crippen molar-refractivity contribution in [3.8, 4) is 0 Å². The number of piperazine rings is 1. The number of aryl methyl sites for hydroxylation is 1. The number of likely N-dealkylation sites (N-methyl/N-ethyl adjacent to an activating group) is 1. The van der Waals surface area contributed by atoms with Gasteiger partial charge in [-0.15, -0.1) is 5.10 Å². The minimum atomic E-state index is 0.693. The Labute approximate surface area is 148 Å². The summed E-state index contributed by atoms with van der Waals surface area (Å²) in [6.07, 6.45) is 0.728. The lowest BCUT2D eigenvalue weighted by Crippen LogP contribution is -2.46. The third-order valence-corrected chi connectivity index (χ3v) is 4.81. The van der Waals surface area contributed by atoms with Gasteiger partial charge in [0.1, 0.15) is 5.82 Å². The monoisotopic (exact) mass is 336 g/mol. The van der Waals surface area contributed by atoms with Gasteiger partial charge in [0, 0.05) is 44.4 Å². The predicted octanol–water partition coefficient (Wildman–Crippen LogP) is 2.17. The SMILES string of the molecule is CCN1CCN(c2cc(C)nc3nc(Cc4ccccc4)nn23)CC1. The number of benzene rings is 1. The van der Waals surface area contributed by atoms with Crippen LogP contribution in [0.3, 0.4) is 0 Å². The normalized spacial score (nSPS) is 15.8. The van der Waals surface area contributed by atoms with Crippen LogP contribution in [0.5, 0.6) is 0 Å². The van der Waals surface area contributed by atoms with Crippen molar-refractivity contribution in [2.24, 2.45) is 0 Å². The summed E-state index contributed by atoms with van der Waals surface area (Å²) >= 11 is 0. The maximum Gasteiger partial charge on any atom is 0.254 e. The molecule has 0 saturated carbocycles. The third kappa shape index (κ3) is 3.35. The predicted molar refractivity (Wildman–Crippen MR) is 99.1 cm³/mol. The lowest BCUT2D eigenvalue weighted by atomic mass is 10.1. The molecule has 1 aliphatic heterocycles. The van der Waals surface area contributed by atoms with Crippen molar-refractivity contribution >= 4 is 11.6 Å². The summed E-state index contributed by atoms with van der Waals surface area (Å²) in [7, 11) is 0. The van der Waals surface area contributed by atoms with Crippen LogP contribution < -0.4 is 4.90 Å². The summed E-state index contributed by atoms with van der Waals surface area (Å²) in [5.41, 5.74) is 2.20. The molecule has 0 amide bonds. The highest BCUT2D eigenvalue weighted by atomic mass is 15.4. The first kappa shape index (κ1) is 16.0. The van der Waals surface area contributed by atoms with Gasteiger partial charge in [-0.3, -0.25) is 0 Å². The van der Waals surface area contributed by atoms with E-state index in [9.17, 15) is 0 Å². The maximum absolute atomic E-state index is 4.75. The molecule has 0 radical (unpaired) electrons. The number of rotatable bonds is 4. The molecule has 6 heteroatoms. The Hall–Kier alpha value is -2.47. The molecule has 1 aromatic carbocycles. The van der Waals surface area contributed by atoms with E-state index in [2.05, 4.69) is 44.9 Å². The molecule has 25 heavy (non-hydrogen) atoms. The average Bonchev–Trinajstić information content (AvgIpc) is 3.04. The van der Waals surface area contributed by atoms with Crippen LogP contribution in [0, 0.1) is 6.92 Å². The van der Waals surface area contributed by atoms with E-state index in [0.29, 0.717) is 5.78 Å². The van der Waals surface area contributed by atoms with Gasteiger partial charge in [0.15, 0.2) is 5.82 Å². The number of aromatic nitrogens is 4. The Morgan fingerprint density at radius 2 is 1.76 bits per heavy atom. The molecule has 1 aliphatic rings. The minimum Gasteiger partial charge on any atom is -0.354 e. The van der Waals surface area contributed by atoms with Gasteiger partial charge >= 0.3 is 0 Å². The van der Waals surface area contributed by atoms with Crippen molar-refractivity contribution in [2.45, 2.75) is 20.3 Å². The molecule has 3 heterocycles. The standard InChI is InChI=1S/C19H24N6/c1-3-23-9-11-24(12-10-23)18-13-15(2)20-19-21-17(22-25(18)19)14-16-7-5-4-6-8-16/h4-8,13H,3,9-12,14H2,1-2H3. The van der Waals surface area contributed by atoms with Crippen molar-refractivity contribution in [3.63, 3.8) is 0 Å². The van der Waals surface area contributed by atoms with E-state index >= 15 is 0 Å². The fourth-order valence-electron chi connectivity index (χ4n) is 3.38. The fraction of sp³-hybridized carbons (Fsp3) is 0.421. The van der Waals surface area contributed by atoms with Gasteiger partial charge in [-0.05, 0) is 19.0 Å². The molecular formula is C19H24N6. The van der Waals surface area contributed by atoms with Crippen molar-refractivity contribution < 1.29 is 0 Å². The number of hydrogen-bond donors (Lipinski definition) is 0. The number of hydrogen-bond acceptors (Lipinski definition) is 5. The number of nitrogens with zero attached hydrogens (tertiary/aromatic N) is 6. The van der Waals surface area contributed by atoms with E-state index in [1.165, 1.54) is 5.56 Å². The zero-order valence-corrected chi connectivity index (χ0v) is 14.9. The van der Waals surface area contributed by atoms with Gasteiger partial charge < -0.3 is 9.80 Å². The summed E-state index contributed by atoms with van der Waals surface area (Å²) in [6.45, 7) is 9.56. The highest BCUT2D eigenvalue weighted by Gasteiger charge is 2.20. The second-order valence-corrected chi connectivity index (χ2v) is 6.58. The first-order chi connectivity index (χ1) is 12.2. The zero-order valence-electron chi connectivity index (χ0n) is 14.9. The summed E-state index contributed by atoms with van der Waals surface area (Å²) in [5.74, 6) is 2.61. The summed E-state index contributed by atoms with van der Waals surface area (Å²) in [5, 5.41) is 4.75. The van der Waals surface area contributed by atoms with Crippen LogP contribution in [0.2, 0.25) is 0 Å². The molecule has 2 aromatic heterocycles. The molecular weight excluding hydrogens is 312 g/mol. The van der Waals surface area contributed by atoms with Gasteiger partial charge in [-0.1, -0.05) is 37.3 Å². The zero-order chi connectivity index (χ0) is 17.2. The molecule has 4 rings (SSSR count). The highest BCUT2D eigenvalue weighted by molar-refractivity contribution is 5.48. The fourth-order valence-corrected chi connectivity index (χ4v) is 3.38. The van der Waals surface area contributed by atoms with E-state index in [4.69, 9.17) is 5.10 Å². The Morgan fingerprint density at radius 3 is 2.48 bits per heavy atom. The molecule has 0 unspecified atom stereocenters. The van der Waals surface area contributed by atoms with Crippen LogP contribution in [-0.2, 0) is 6.42 Å². The van der Waals surface area contributed by atoms with E-state index in [1.54, 1.807) is 0 Å². The van der Waals surface area contributed by atoms with E-state index in [1.807, 2.05) is 29.6 Å². The van der Waals surface area contributed by atoms with Crippen molar-refractivity contribution in [1.82, 2.24) is 24.5 Å². The molecule has 0 aliphatic carbocycles. The quantitative estimate of drug-likeness (QED) is 0.731. The highest BCUT2D eigenvalue weighted by Crippen LogP contribution is 2.19. The summed E-state index contributed by atoms with van der Waals surface area (Å²) < 4.78 is 1.91. The van der Waals surface area contributed by atoms with Gasteiger partial charge in [0.05, 0.1) is 0 Å². The smallest absolute Gasteiger partial charge is 0.254 e. The second kappa shape index (κ2) is 6.80. The van der Waals surface area contributed by atoms with E-state index in [0.717, 1.165) is 56.5 Å². The molecule has 1 fully saturated rings. The van der Waals surface area contributed by atoms with Crippen LogP contribution in [0.1, 0.15) is 24.0 Å². The molecule has 0 bridgehead atoms. The third-order valence-electron chi connectivity index (χ3n) is 4.81. The lowest BCUT2D eigenvalue weighted by molar-refractivity contribution is 0.270. The van der Waals surface area contributed by atoms with E-state index in [-0.39, 0.29) is 0 Å². The Balaban J connectivity index is 1.65. The largest absolute Gasteiger partial charge is 0.354 e. The first-order valence-corrected chi connectivity index (χ1v) is 8.97. The van der Waals surface area contributed by atoms with Crippen molar-refractivity contribution in [2.75, 3.05) is 37.6 Å². The minimum absolute atomic E-state index is 0.693. The molecule has 0 N–H and O–H groups in total. The van der Waals surface area contributed by atoms with Gasteiger partial charge in [-0.2, -0.15) is 9.50 Å². The van der Waals surface area contributed by atoms with Gasteiger partial charge in [0.2, 0.25) is 0 Å². The summed E-state index contributed by atoms with van der Waals surface area (Å²) in [6, 6.07) is 12.5. The van der Waals surface area contributed by atoms with Crippen LogP contribution in [0.25, 0.3) is 5.78 Å². The lowest BCUT2D eigenvalue weighted by Gasteiger charge is -2.35. The maximum atomic E-state index is 4.75. The van der Waals surface area contributed by atoms with Crippen LogP contribution in [0.15, 0.2) is 36.4 Å². The Bertz CT molecular complexity index is 849.